The molecule has 6 unspecified atom stereocenters. The van der Waals surface area contributed by atoms with Crippen LogP contribution in [-0.2, 0) is 32.7 Å². The Hall–Kier alpha value is -1.87. The second-order valence-electron chi connectivity index (χ2n) is 27.8. The number of rotatable bonds is 10. The first-order valence-corrected chi connectivity index (χ1v) is 43.7. The molecule has 6 atom stereocenters. The van der Waals surface area contributed by atoms with Crippen molar-refractivity contribution in [2.45, 2.75) is 154 Å². The second-order valence-corrected chi connectivity index (χ2v) is 47.6. The molecule has 3 radical (unpaired) electrons. The van der Waals surface area contributed by atoms with E-state index >= 15 is 0 Å². The summed E-state index contributed by atoms with van der Waals surface area (Å²) < 4.78 is 0. The van der Waals surface area contributed by atoms with Crippen LogP contribution in [0.15, 0.2) is 146 Å². The van der Waals surface area contributed by atoms with Crippen LogP contribution in [0.4, 0.5) is 17.1 Å². The van der Waals surface area contributed by atoms with E-state index in [1.54, 1.807) is 0 Å². The minimum Gasteiger partial charge on any atom is -0.508 e. The molecule has 3 fully saturated rings. The van der Waals surface area contributed by atoms with Gasteiger partial charge in [-0.25, -0.2) is 0 Å². The summed E-state index contributed by atoms with van der Waals surface area (Å²) >= 11 is 0. The molecule has 6 aromatic rings. The molecule has 3 aliphatic rings. The summed E-state index contributed by atoms with van der Waals surface area (Å²) in [5, 5.41) is 34.1. The number of phenols is 3. The summed E-state index contributed by atoms with van der Waals surface area (Å²) in [6.45, 7) is 43.4. The minimum absolute atomic E-state index is 0. The molecule has 0 aromatic heterocycles. The molecule has 0 heterocycles. The maximum atomic E-state index is 10.2. The van der Waals surface area contributed by atoms with Gasteiger partial charge < -0.3 is 52.3 Å². The molecule has 0 amide bonds. The third-order valence-corrected chi connectivity index (χ3v) is 36.0. The number of anilines is 3. The van der Waals surface area contributed by atoms with Crippen LogP contribution in [0.25, 0.3) is 0 Å². The van der Waals surface area contributed by atoms with E-state index in [0.29, 0.717) is 17.2 Å². The van der Waals surface area contributed by atoms with E-state index in [1.807, 2.05) is 133 Å². The molecule has 3 aliphatic carbocycles. The van der Waals surface area contributed by atoms with Crippen molar-refractivity contribution in [2.24, 2.45) is 23.7 Å². The molecular formula is C76H121LaLuN3O3Si4Y-6. The monoisotopic (exact) mass is 1640 g/mol. The Kier molecular flexibility index (Phi) is 42.9. The molecule has 13 heteroatoms. The average molecular weight is 1640 g/mol. The topological polar surface area (TPSA) is 70.4 Å². The van der Waals surface area contributed by atoms with Gasteiger partial charge in [0.05, 0.1) is 24.2 Å². The van der Waals surface area contributed by atoms with Crippen LogP contribution >= 0.6 is 0 Å². The fourth-order valence-electron chi connectivity index (χ4n) is 14.0. The van der Waals surface area contributed by atoms with Crippen molar-refractivity contribution in [3.8, 4) is 17.2 Å². The summed E-state index contributed by atoms with van der Waals surface area (Å²) in [6.07, 6.45) is 9.71. The Morgan fingerprint density at radius 1 is 0.371 bits per heavy atom. The Balaban J connectivity index is -0.00000100. The number of nitrogens with zero attached hydrogens (tertiary/aromatic N) is 3. The molecule has 3 N–H and O–H groups in total. The van der Waals surface area contributed by atoms with E-state index in [4.69, 9.17) is 0 Å². The Bertz CT molecular complexity index is 2780. The van der Waals surface area contributed by atoms with Gasteiger partial charge in [0.15, 0.2) is 0 Å². The zero-order chi connectivity index (χ0) is 62.2. The summed E-state index contributed by atoms with van der Waals surface area (Å²) in [5.41, 5.74) is 10.2. The van der Waals surface area contributed by atoms with Gasteiger partial charge in [-0.1, -0.05) is 240 Å². The number of para-hydroxylation sites is 6. The number of benzene rings is 6. The van der Waals surface area contributed by atoms with Crippen molar-refractivity contribution in [1.29, 1.82) is 0 Å². The summed E-state index contributed by atoms with van der Waals surface area (Å²) in [7, 11) is 6.48. The standard InChI is InChI=1S/C17H28OSi.C16H28OSi2.C13H20OSi.3C9H12N.3CH3.La.Lu.Y/c1-11-12(2)14(4)17(13(11)3)19(5,6)16-10-8-7-9-15(16)18;1-18(2,3)13-10-11-14(12-13)19(4,5)16-9-7-6-8-15(16)17;1-15(2,11-7-3-4-8-11)13-10-6-5-9-12(13)14;3*1-8-6-4-5-7-9(8)10(2)3;;;;;;/h7-14,17-18H,1-6H3;6-9,13-14,17H,10-12H2,1-5H3;5-6,9-11,14H,3-4,7-8H2,1-2H3;3*4-7H,1H2,2-3H3;3*1H3;;;/q;;;6*-1;;;. The van der Waals surface area contributed by atoms with E-state index in [1.165, 1.54) is 77.6 Å². The molecule has 3 saturated carbocycles. The second kappa shape index (κ2) is 41.8. The van der Waals surface area contributed by atoms with Crippen molar-refractivity contribution in [3.63, 3.8) is 0 Å². The van der Waals surface area contributed by atoms with Gasteiger partial charge in [0.25, 0.3) is 0 Å². The van der Waals surface area contributed by atoms with Crippen LogP contribution in [0.2, 0.25) is 81.1 Å². The zero-order valence-electron chi connectivity index (χ0n) is 59.6. The maximum Gasteiger partial charge on any atom is 0.114 e. The predicted molar refractivity (Wildman–Crippen MR) is 398 cm³/mol. The molecule has 501 valence electrons. The van der Waals surface area contributed by atoms with Crippen molar-refractivity contribution < 1.29 is 121 Å². The smallest absolute Gasteiger partial charge is 0.114 e. The van der Waals surface area contributed by atoms with Crippen LogP contribution in [-0.4, -0.2) is 89.9 Å². The predicted octanol–water partition coefficient (Wildman–Crippen LogP) is 19.2. The van der Waals surface area contributed by atoms with Crippen LogP contribution in [0.3, 0.4) is 0 Å². The van der Waals surface area contributed by atoms with Gasteiger partial charge in [-0.2, -0.15) is 55.7 Å². The van der Waals surface area contributed by atoms with E-state index in [9.17, 15) is 15.3 Å². The van der Waals surface area contributed by atoms with Gasteiger partial charge >= 0.3 is 0 Å². The van der Waals surface area contributed by atoms with Gasteiger partial charge in [-0.05, 0) is 122 Å². The molecule has 9 rings (SSSR count). The minimum atomic E-state index is -1.65. The van der Waals surface area contributed by atoms with Crippen LogP contribution in [0.5, 0.6) is 17.2 Å². The number of aromatic hydroxyl groups is 3. The number of phenolic OH excluding ortho intramolecular Hbond substituents is 3. The molecule has 0 aliphatic heterocycles. The van der Waals surface area contributed by atoms with Crippen LogP contribution in [0, 0.1) is 139 Å². The quantitative estimate of drug-likeness (QED) is 0.0938. The van der Waals surface area contributed by atoms with Crippen molar-refractivity contribution in [3.05, 3.63) is 205 Å². The van der Waals surface area contributed by atoms with Crippen molar-refractivity contribution in [2.75, 3.05) is 57.0 Å². The molecule has 0 spiro atoms. The summed E-state index contributed by atoms with van der Waals surface area (Å²) in [5.74, 6) is 4.63. The third-order valence-electron chi connectivity index (χ3n) is 19.7. The fourth-order valence-corrected chi connectivity index (χ4v) is 28.1. The van der Waals surface area contributed by atoms with Gasteiger partial charge in [0.2, 0.25) is 0 Å². The molecule has 6 nitrogen and oxygen atoms in total. The first kappa shape index (κ1) is 91.3. The Labute approximate surface area is 634 Å². The van der Waals surface area contributed by atoms with E-state index < -0.39 is 32.3 Å². The number of hydrogen-bond donors (Lipinski definition) is 3. The summed E-state index contributed by atoms with van der Waals surface area (Å²) in [6, 6.07) is 48.2. The van der Waals surface area contributed by atoms with Gasteiger partial charge in [-0.3, -0.25) is 0 Å². The van der Waals surface area contributed by atoms with E-state index in [2.05, 4.69) is 177 Å². The fraction of sp³-hybridized carbons (Fsp3) is 0.447. The average Bonchev–Trinajstić information content (AvgIpc) is 2.64. The molecule has 0 bridgehead atoms. The number of hydrogen-bond acceptors (Lipinski definition) is 6. The summed E-state index contributed by atoms with van der Waals surface area (Å²) in [4.78, 5) is 6.17. The molecular weight excluding hydrogens is 1520 g/mol. The van der Waals surface area contributed by atoms with Gasteiger partial charge in [-0.15, -0.1) is 18.2 Å². The Morgan fingerprint density at radius 3 is 0.888 bits per heavy atom. The zero-order valence-corrected chi connectivity index (χ0v) is 71.8. The molecule has 89 heavy (non-hydrogen) atoms. The van der Waals surface area contributed by atoms with Gasteiger partial charge in [0.1, 0.15) is 17.2 Å². The van der Waals surface area contributed by atoms with Crippen LogP contribution in [0.1, 0.15) is 89.3 Å². The normalized spacial score (nSPS) is 19.1. The SMILES string of the molecule is CC1C(C)C(C)C([Si](C)(C)c2ccccc2O)C1C.C[Si](C)(C)C1CCC([Si](C)(C)c2ccccc2O)C1.C[Si](C)(c1ccccc1O)C1CCCC1.[CH2-]c1ccccc1N(C)C.[CH2-]c1ccccc1N(C)C.[CH2-]c1ccccc1N(C)C.[CH3-].[CH3-].[CH3-].[La].[Lu].[Y]. The van der Waals surface area contributed by atoms with Crippen LogP contribution < -0.4 is 30.3 Å². The van der Waals surface area contributed by atoms with E-state index in [0.717, 1.165) is 62.5 Å². The van der Waals surface area contributed by atoms with Crippen molar-refractivity contribution >= 4 is 64.9 Å². The Morgan fingerprint density at radius 2 is 0.629 bits per heavy atom. The van der Waals surface area contributed by atoms with Gasteiger partial charge in [0, 0.05) is 113 Å². The third kappa shape index (κ3) is 25.7. The molecule has 6 aromatic carbocycles. The van der Waals surface area contributed by atoms with Crippen molar-refractivity contribution in [1.82, 2.24) is 0 Å². The first-order chi connectivity index (χ1) is 38.8. The van der Waals surface area contributed by atoms with E-state index in [-0.39, 0.29) is 127 Å². The maximum absolute atomic E-state index is 10.2. The first-order valence-electron chi connectivity index (χ1n) is 30.9. The molecule has 0 saturated heterocycles. The largest absolute Gasteiger partial charge is 0.508 e.